The fraction of sp³-hybridized carbons (Fsp3) is 0.286. The number of carbonyl (C=O) groups is 1. The van der Waals surface area contributed by atoms with Crippen molar-refractivity contribution in [3.8, 4) is 0 Å². The van der Waals surface area contributed by atoms with Gasteiger partial charge in [0.2, 0.25) is 10.0 Å². The average Bonchev–Trinajstić information content (AvgIpc) is 2.93. The first-order chi connectivity index (χ1) is 14.4. The largest absolute Gasteiger partial charge is 0.351 e. The molecule has 4 rings (SSSR count). The second kappa shape index (κ2) is 8.41. The molecule has 1 aliphatic heterocycles. The Labute approximate surface area is 184 Å². The Bertz CT molecular complexity index is 1190. The predicted molar refractivity (Wildman–Crippen MR) is 121 cm³/mol. The first kappa shape index (κ1) is 20.9. The van der Waals surface area contributed by atoms with Crippen molar-refractivity contribution in [2.45, 2.75) is 11.3 Å². The van der Waals surface area contributed by atoms with Gasteiger partial charge in [0.1, 0.15) is 0 Å². The summed E-state index contributed by atoms with van der Waals surface area (Å²) >= 11 is 3.42. The average molecular weight is 491 g/mol. The van der Waals surface area contributed by atoms with Crippen LogP contribution in [0.1, 0.15) is 6.42 Å². The molecule has 9 heteroatoms. The molecule has 1 aliphatic rings. The molecular weight excluding hydrogens is 468 g/mol. The molecule has 2 aromatic carbocycles. The molecule has 30 heavy (non-hydrogen) atoms. The lowest BCUT2D eigenvalue weighted by Gasteiger charge is -2.22. The minimum atomic E-state index is -3.62. The summed E-state index contributed by atoms with van der Waals surface area (Å²) in [4.78, 5) is 14.6. The second-order valence-corrected chi connectivity index (χ2v) is 10.1. The van der Waals surface area contributed by atoms with E-state index in [4.69, 9.17) is 0 Å². The van der Waals surface area contributed by atoms with Gasteiger partial charge in [0.05, 0.1) is 10.6 Å². The number of amides is 2. The number of rotatable bonds is 3. The zero-order chi connectivity index (χ0) is 21.3. The summed E-state index contributed by atoms with van der Waals surface area (Å²) in [5, 5.41) is 3.78. The molecule has 3 aromatic rings. The van der Waals surface area contributed by atoms with Gasteiger partial charge < -0.3 is 14.8 Å². The number of carbonyl (C=O) groups excluding carboxylic acids is 1. The van der Waals surface area contributed by atoms with E-state index in [1.54, 1.807) is 17.0 Å². The smallest absolute Gasteiger partial charge is 0.321 e. The van der Waals surface area contributed by atoms with Crippen LogP contribution in [0.2, 0.25) is 0 Å². The van der Waals surface area contributed by atoms with Crippen LogP contribution in [-0.2, 0) is 17.1 Å². The number of urea groups is 1. The lowest BCUT2D eigenvalue weighted by molar-refractivity contribution is 0.214. The zero-order valence-corrected chi connectivity index (χ0v) is 19.0. The van der Waals surface area contributed by atoms with E-state index in [1.165, 1.54) is 4.31 Å². The van der Waals surface area contributed by atoms with E-state index in [0.717, 1.165) is 15.4 Å². The second-order valence-electron chi connectivity index (χ2n) is 7.30. The molecule has 0 radical (unpaired) electrons. The van der Waals surface area contributed by atoms with E-state index in [2.05, 4.69) is 21.2 Å². The maximum absolute atomic E-state index is 13.2. The van der Waals surface area contributed by atoms with Crippen molar-refractivity contribution in [1.29, 1.82) is 0 Å². The topological polar surface area (TPSA) is 74.7 Å². The lowest BCUT2D eigenvalue weighted by Crippen LogP contribution is -2.39. The molecule has 7 nitrogen and oxygen atoms in total. The number of nitrogens with zero attached hydrogens (tertiary/aromatic N) is 3. The number of fused-ring (bicyclic) bond motifs is 1. The maximum atomic E-state index is 13.2. The van der Waals surface area contributed by atoms with Crippen molar-refractivity contribution >= 4 is 48.6 Å². The number of benzene rings is 2. The van der Waals surface area contributed by atoms with Crippen LogP contribution in [0.5, 0.6) is 0 Å². The van der Waals surface area contributed by atoms with E-state index in [9.17, 15) is 13.2 Å². The van der Waals surface area contributed by atoms with E-state index in [1.807, 2.05) is 54.2 Å². The van der Waals surface area contributed by atoms with Gasteiger partial charge in [0.25, 0.3) is 0 Å². The van der Waals surface area contributed by atoms with Crippen molar-refractivity contribution in [1.82, 2.24) is 13.8 Å². The quantitative estimate of drug-likeness (QED) is 0.605. The Morgan fingerprint density at radius 3 is 2.63 bits per heavy atom. The van der Waals surface area contributed by atoms with E-state index < -0.39 is 10.0 Å². The van der Waals surface area contributed by atoms with Gasteiger partial charge in [-0.1, -0.05) is 12.1 Å². The number of aromatic nitrogens is 1. The molecule has 0 saturated carbocycles. The molecule has 1 saturated heterocycles. The van der Waals surface area contributed by atoms with Crippen molar-refractivity contribution in [3.05, 3.63) is 59.2 Å². The first-order valence-electron chi connectivity index (χ1n) is 9.72. The Balaban J connectivity index is 1.47. The van der Waals surface area contributed by atoms with Gasteiger partial charge in [0.15, 0.2) is 0 Å². The van der Waals surface area contributed by atoms with Crippen LogP contribution in [0.4, 0.5) is 10.5 Å². The third-order valence-electron chi connectivity index (χ3n) is 5.35. The number of halogens is 1. The number of aryl methyl sites for hydroxylation is 1. The molecule has 0 unspecified atom stereocenters. The van der Waals surface area contributed by atoms with Gasteiger partial charge in [-0.15, -0.1) is 0 Å². The Kier molecular flexibility index (Phi) is 5.86. The van der Waals surface area contributed by atoms with Crippen LogP contribution < -0.4 is 5.32 Å². The fourth-order valence-corrected chi connectivity index (χ4v) is 5.55. The Morgan fingerprint density at radius 1 is 1.03 bits per heavy atom. The maximum Gasteiger partial charge on any atom is 0.321 e. The SMILES string of the molecule is Cn1ccc2cc(S(=O)(=O)N3CCCN(C(=O)Nc4ccccc4Br)CC3)ccc21. The van der Waals surface area contributed by atoms with E-state index in [0.29, 0.717) is 31.7 Å². The molecule has 158 valence electrons. The molecule has 0 bridgehead atoms. The zero-order valence-electron chi connectivity index (χ0n) is 16.6. The molecule has 1 N–H and O–H groups in total. The lowest BCUT2D eigenvalue weighted by atomic mass is 10.2. The van der Waals surface area contributed by atoms with Crippen LogP contribution in [-0.4, -0.2) is 54.4 Å². The molecule has 0 aliphatic carbocycles. The number of hydrogen-bond donors (Lipinski definition) is 1. The Morgan fingerprint density at radius 2 is 1.83 bits per heavy atom. The summed E-state index contributed by atoms with van der Waals surface area (Å²) in [6.07, 6.45) is 2.49. The number of sulfonamides is 1. The number of nitrogens with one attached hydrogen (secondary N) is 1. The monoisotopic (exact) mass is 490 g/mol. The Hall–Kier alpha value is -2.36. The van der Waals surface area contributed by atoms with Gasteiger partial charge in [-0.2, -0.15) is 4.31 Å². The highest BCUT2D eigenvalue weighted by atomic mass is 79.9. The summed E-state index contributed by atoms with van der Waals surface area (Å²) in [6.45, 7) is 1.48. The normalized spacial score (nSPS) is 15.9. The summed E-state index contributed by atoms with van der Waals surface area (Å²) in [5.74, 6) is 0. The third-order valence-corrected chi connectivity index (χ3v) is 7.94. The van der Waals surface area contributed by atoms with Crippen molar-refractivity contribution in [2.24, 2.45) is 7.05 Å². The van der Waals surface area contributed by atoms with Crippen LogP contribution in [0, 0.1) is 0 Å². The van der Waals surface area contributed by atoms with Crippen LogP contribution in [0.3, 0.4) is 0 Å². The van der Waals surface area contributed by atoms with E-state index >= 15 is 0 Å². The van der Waals surface area contributed by atoms with Crippen LogP contribution in [0.25, 0.3) is 10.9 Å². The summed E-state index contributed by atoms with van der Waals surface area (Å²) in [6, 6.07) is 14.3. The predicted octanol–water partition coefficient (Wildman–Crippen LogP) is 3.87. The molecule has 0 atom stereocenters. The number of para-hydroxylation sites is 1. The molecular formula is C21H23BrN4O3S. The summed E-state index contributed by atoms with van der Waals surface area (Å²) in [7, 11) is -1.69. The fourth-order valence-electron chi connectivity index (χ4n) is 3.66. The van der Waals surface area contributed by atoms with Crippen LogP contribution in [0.15, 0.2) is 64.1 Å². The van der Waals surface area contributed by atoms with Gasteiger partial charge in [-0.05, 0) is 58.7 Å². The molecule has 2 heterocycles. The standard InChI is InChI=1S/C21H23BrN4O3S/c1-24-12-9-16-15-17(7-8-20(16)24)30(28,29)26-11-4-10-25(13-14-26)21(27)23-19-6-3-2-5-18(19)22/h2-3,5-9,12,15H,4,10-11,13-14H2,1H3,(H,23,27). The number of anilines is 1. The highest BCUT2D eigenvalue weighted by Gasteiger charge is 2.28. The first-order valence-corrected chi connectivity index (χ1v) is 12.0. The highest BCUT2D eigenvalue weighted by molar-refractivity contribution is 9.10. The van der Waals surface area contributed by atoms with Crippen molar-refractivity contribution < 1.29 is 13.2 Å². The summed E-state index contributed by atoms with van der Waals surface area (Å²) < 4.78 is 30.6. The highest BCUT2D eigenvalue weighted by Crippen LogP contribution is 2.24. The van der Waals surface area contributed by atoms with Gasteiger partial charge >= 0.3 is 6.03 Å². The molecule has 1 aromatic heterocycles. The number of hydrogen-bond acceptors (Lipinski definition) is 3. The van der Waals surface area contributed by atoms with Crippen LogP contribution >= 0.6 is 15.9 Å². The minimum Gasteiger partial charge on any atom is -0.351 e. The minimum absolute atomic E-state index is 0.230. The molecule has 2 amide bonds. The van der Waals surface area contributed by atoms with Crippen molar-refractivity contribution in [2.75, 3.05) is 31.5 Å². The van der Waals surface area contributed by atoms with E-state index in [-0.39, 0.29) is 17.5 Å². The van der Waals surface area contributed by atoms with Gasteiger partial charge in [-0.25, -0.2) is 13.2 Å². The van der Waals surface area contributed by atoms with Crippen molar-refractivity contribution in [3.63, 3.8) is 0 Å². The molecule has 0 spiro atoms. The third kappa shape index (κ3) is 4.10. The summed E-state index contributed by atoms with van der Waals surface area (Å²) in [5.41, 5.74) is 1.67. The van der Waals surface area contributed by atoms with Gasteiger partial charge in [-0.3, -0.25) is 0 Å². The molecule has 1 fully saturated rings. The van der Waals surface area contributed by atoms with Gasteiger partial charge in [0, 0.05) is 54.8 Å².